The molecule has 0 spiro atoms. The summed E-state index contributed by atoms with van der Waals surface area (Å²) in [6.07, 6.45) is -3.32. The van der Waals surface area contributed by atoms with Gasteiger partial charge in [0, 0.05) is 0 Å². The number of rotatable bonds is 3. The maximum Gasteiger partial charge on any atom is 0.416 e. The van der Waals surface area contributed by atoms with Crippen LogP contribution in [0, 0.1) is 0 Å². The number of carbonyl (C=O) groups is 1. The van der Waals surface area contributed by atoms with Gasteiger partial charge in [0.05, 0.1) is 18.2 Å². The van der Waals surface area contributed by atoms with Gasteiger partial charge in [-0.25, -0.2) is 4.79 Å². The van der Waals surface area contributed by atoms with Crippen molar-refractivity contribution in [3.63, 3.8) is 0 Å². The van der Waals surface area contributed by atoms with Crippen molar-refractivity contribution in [3.05, 3.63) is 34.9 Å². The summed E-state index contributed by atoms with van der Waals surface area (Å²) in [5, 5.41) is 0. The van der Waals surface area contributed by atoms with Crippen LogP contribution in [0.3, 0.4) is 0 Å². The van der Waals surface area contributed by atoms with Crippen LogP contribution >= 0.6 is 0 Å². The summed E-state index contributed by atoms with van der Waals surface area (Å²) in [6.45, 7) is 1.83. The summed E-state index contributed by atoms with van der Waals surface area (Å²) in [7, 11) is 1.20. The zero-order chi connectivity index (χ0) is 13.1. The molecule has 1 rings (SSSR count). The third-order valence-electron chi connectivity index (χ3n) is 2.36. The summed E-state index contributed by atoms with van der Waals surface area (Å²) in [4.78, 5) is 11.4. The van der Waals surface area contributed by atoms with Gasteiger partial charge in [-0.15, -0.1) is 0 Å². The maximum atomic E-state index is 12.5. The lowest BCUT2D eigenvalue weighted by molar-refractivity contribution is -0.137. The fourth-order valence-electron chi connectivity index (χ4n) is 1.56. The number of hydrogen-bond donors (Lipinski definition) is 0. The molecule has 17 heavy (non-hydrogen) atoms. The number of esters is 1. The largest absolute Gasteiger partial charge is 0.465 e. The first-order chi connectivity index (χ1) is 7.90. The minimum Gasteiger partial charge on any atom is -0.465 e. The highest BCUT2D eigenvalue weighted by Crippen LogP contribution is 2.31. The summed E-state index contributed by atoms with van der Waals surface area (Å²) < 4.78 is 42.0. The van der Waals surface area contributed by atoms with E-state index in [2.05, 4.69) is 4.74 Å². The van der Waals surface area contributed by atoms with Gasteiger partial charge >= 0.3 is 12.1 Å². The van der Waals surface area contributed by atoms with E-state index >= 15 is 0 Å². The number of ether oxygens (including phenoxy) is 1. The van der Waals surface area contributed by atoms with Crippen molar-refractivity contribution >= 4 is 5.97 Å². The molecule has 0 bridgehead atoms. The molecule has 0 radical (unpaired) electrons. The number of methoxy groups -OCH3 is 1. The highest BCUT2D eigenvalue weighted by molar-refractivity contribution is 5.91. The van der Waals surface area contributed by atoms with Crippen LogP contribution < -0.4 is 0 Å². The van der Waals surface area contributed by atoms with Crippen LogP contribution in [-0.4, -0.2) is 13.1 Å². The van der Waals surface area contributed by atoms with Crippen LogP contribution in [0.1, 0.15) is 34.8 Å². The van der Waals surface area contributed by atoms with Crippen molar-refractivity contribution in [1.82, 2.24) is 0 Å². The molecule has 0 atom stereocenters. The second-order valence-electron chi connectivity index (χ2n) is 3.61. The van der Waals surface area contributed by atoms with Crippen molar-refractivity contribution in [2.45, 2.75) is 25.9 Å². The quantitative estimate of drug-likeness (QED) is 0.763. The van der Waals surface area contributed by atoms with E-state index in [-0.39, 0.29) is 5.56 Å². The monoisotopic (exact) mass is 246 g/mol. The summed E-state index contributed by atoms with van der Waals surface area (Å²) in [6, 6.07) is 3.07. The summed E-state index contributed by atoms with van der Waals surface area (Å²) >= 11 is 0. The van der Waals surface area contributed by atoms with Gasteiger partial charge in [-0.2, -0.15) is 13.2 Å². The number of hydrogen-bond acceptors (Lipinski definition) is 2. The van der Waals surface area contributed by atoms with Crippen LogP contribution in [0.4, 0.5) is 13.2 Å². The molecule has 0 N–H and O–H groups in total. The van der Waals surface area contributed by atoms with E-state index in [4.69, 9.17) is 0 Å². The molecule has 94 valence electrons. The Morgan fingerprint density at radius 2 is 2.00 bits per heavy atom. The predicted molar refractivity (Wildman–Crippen MR) is 56.8 cm³/mol. The zero-order valence-corrected chi connectivity index (χ0v) is 9.60. The topological polar surface area (TPSA) is 26.3 Å². The second kappa shape index (κ2) is 5.21. The van der Waals surface area contributed by atoms with Crippen LogP contribution in [0.15, 0.2) is 18.2 Å². The normalized spacial score (nSPS) is 11.4. The first-order valence-electron chi connectivity index (χ1n) is 5.18. The molecular weight excluding hydrogens is 233 g/mol. The van der Waals surface area contributed by atoms with Gasteiger partial charge in [-0.05, 0) is 30.2 Å². The Labute approximate surface area is 97.4 Å². The van der Waals surface area contributed by atoms with E-state index in [1.807, 2.05) is 6.92 Å². The van der Waals surface area contributed by atoms with Crippen molar-refractivity contribution in [2.24, 2.45) is 0 Å². The lowest BCUT2D eigenvalue weighted by atomic mass is 10.00. The molecule has 2 nitrogen and oxygen atoms in total. The van der Waals surface area contributed by atoms with Crippen molar-refractivity contribution < 1.29 is 22.7 Å². The molecule has 0 heterocycles. The Hall–Kier alpha value is -1.52. The molecule has 1 aromatic carbocycles. The van der Waals surface area contributed by atoms with Gasteiger partial charge in [-0.1, -0.05) is 13.3 Å². The van der Waals surface area contributed by atoms with Crippen molar-refractivity contribution in [2.75, 3.05) is 7.11 Å². The Morgan fingerprint density at radius 1 is 1.35 bits per heavy atom. The lowest BCUT2D eigenvalue weighted by Crippen LogP contribution is -2.10. The molecule has 0 saturated heterocycles. The smallest absolute Gasteiger partial charge is 0.416 e. The minimum atomic E-state index is -4.39. The minimum absolute atomic E-state index is 0.197. The Bertz CT molecular complexity index is 411. The molecule has 0 aliphatic heterocycles. The van der Waals surface area contributed by atoms with E-state index in [1.165, 1.54) is 13.2 Å². The molecule has 0 aliphatic carbocycles. The van der Waals surface area contributed by atoms with Gasteiger partial charge < -0.3 is 4.74 Å². The zero-order valence-electron chi connectivity index (χ0n) is 9.60. The molecule has 5 heteroatoms. The van der Waals surface area contributed by atoms with Gasteiger partial charge in [0.2, 0.25) is 0 Å². The van der Waals surface area contributed by atoms with Gasteiger partial charge in [0.15, 0.2) is 0 Å². The molecule has 0 fully saturated rings. The average Bonchev–Trinajstić information content (AvgIpc) is 2.27. The van der Waals surface area contributed by atoms with E-state index < -0.39 is 17.7 Å². The molecular formula is C12H13F3O2. The van der Waals surface area contributed by atoms with E-state index in [0.717, 1.165) is 12.1 Å². The predicted octanol–water partition coefficient (Wildman–Crippen LogP) is 3.44. The molecule has 0 saturated carbocycles. The number of aryl methyl sites for hydroxylation is 1. The lowest BCUT2D eigenvalue weighted by Gasteiger charge is -2.11. The van der Waals surface area contributed by atoms with Gasteiger partial charge in [0.1, 0.15) is 0 Å². The van der Waals surface area contributed by atoms with E-state index in [0.29, 0.717) is 18.4 Å². The van der Waals surface area contributed by atoms with Crippen LogP contribution in [-0.2, 0) is 17.3 Å². The number of benzene rings is 1. The van der Waals surface area contributed by atoms with Gasteiger partial charge in [-0.3, -0.25) is 0 Å². The third kappa shape index (κ3) is 3.22. The number of halogens is 3. The highest BCUT2D eigenvalue weighted by atomic mass is 19.4. The standard InChI is InChI=1S/C12H13F3O2/c1-3-4-8-7-9(12(13,14)15)5-6-10(8)11(16)17-2/h5-7H,3-4H2,1-2H3. The number of alkyl halides is 3. The van der Waals surface area contributed by atoms with E-state index in [1.54, 1.807) is 0 Å². The van der Waals surface area contributed by atoms with Crippen LogP contribution in [0.25, 0.3) is 0 Å². The molecule has 0 aromatic heterocycles. The molecule has 0 aliphatic rings. The van der Waals surface area contributed by atoms with Crippen molar-refractivity contribution in [3.8, 4) is 0 Å². The average molecular weight is 246 g/mol. The Balaban J connectivity index is 3.21. The van der Waals surface area contributed by atoms with Gasteiger partial charge in [0.25, 0.3) is 0 Å². The SMILES string of the molecule is CCCc1cc(C(F)(F)F)ccc1C(=O)OC. The fourth-order valence-corrected chi connectivity index (χ4v) is 1.56. The van der Waals surface area contributed by atoms with Crippen molar-refractivity contribution in [1.29, 1.82) is 0 Å². The van der Waals surface area contributed by atoms with Crippen LogP contribution in [0.5, 0.6) is 0 Å². The first-order valence-corrected chi connectivity index (χ1v) is 5.18. The maximum absolute atomic E-state index is 12.5. The van der Waals surface area contributed by atoms with Crippen LogP contribution in [0.2, 0.25) is 0 Å². The Kier molecular flexibility index (Phi) is 4.15. The second-order valence-corrected chi connectivity index (χ2v) is 3.61. The molecule has 0 amide bonds. The fraction of sp³-hybridized carbons (Fsp3) is 0.417. The third-order valence-corrected chi connectivity index (χ3v) is 2.36. The molecule has 0 unspecified atom stereocenters. The Morgan fingerprint density at radius 3 is 2.47 bits per heavy atom. The highest BCUT2D eigenvalue weighted by Gasteiger charge is 2.31. The summed E-state index contributed by atoms with van der Waals surface area (Å²) in [5.41, 5.74) is -0.176. The van der Waals surface area contributed by atoms with E-state index in [9.17, 15) is 18.0 Å². The first kappa shape index (κ1) is 13.5. The molecule has 1 aromatic rings. The summed E-state index contributed by atoms with van der Waals surface area (Å²) in [5.74, 6) is -0.609. The number of carbonyl (C=O) groups excluding carboxylic acids is 1.